The maximum absolute atomic E-state index is 14.2. The monoisotopic (exact) mass is 468 g/mol. The van der Waals surface area contributed by atoms with Crippen molar-refractivity contribution in [1.29, 1.82) is 0 Å². The molecule has 0 N–H and O–H groups in total. The van der Waals surface area contributed by atoms with Crippen molar-refractivity contribution < 1.29 is 13.5 Å². The normalized spacial score (nSPS) is 11.4. The predicted octanol–water partition coefficient (Wildman–Crippen LogP) is 6.11. The van der Waals surface area contributed by atoms with Crippen molar-refractivity contribution in [3.8, 4) is 23.0 Å². The molecular weight excluding hydrogens is 451 g/mol. The van der Waals surface area contributed by atoms with E-state index in [-0.39, 0.29) is 5.82 Å². The zero-order valence-electron chi connectivity index (χ0n) is 17.3. The van der Waals surface area contributed by atoms with Gasteiger partial charge >= 0.3 is 0 Å². The number of methoxy groups -OCH3 is 1. The van der Waals surface area contributed by atoms with Gasteiger partial charge in [0.05, 0.1) is 30.3 Å². The highest BCUT2D eigenvalue weighted by Gasteiger charge is 2.23. The largest absolute Gasteiger partial charge is 0.495 e. The number of hydrogen-bond donors (Lipinski definition) is 0. The van der Waals surface area contributed by atoms with Crippen LogP contribution in [0.1, 0.15) is 5.56 Å². The van der Waals surface area contributed by atoms with Gasteiger partial charge < -0.3 is 13.7 Å². The van der Waals surface area contributed by atoms with Crippen molar-refractivity contribution in [3.63, 3.8) is 0 Å². The molecule has 0 saturated heterocycles. The maximum Gasteiger partial charge on any atom is 0.196 e. The van der Waals surface area contributed by atoms with Crippen molar-refractivity contribution in [3.05, 3.63) is 77.3 Å². The molecule has 0 unspecified atom stereocenters. The fraction of sp³-hybridized carbons (Fsp3) is 0.130. The molecule has 0 bridgehead atoms. The lowest BCUT2D eigenvalue weighted by molar-refractivity contribution is 0.412. The van der Waals surface area contributed by atoms with Crippen molar-refractivity contribution in [2.45, 2.75) is 10.9 Å². The minimum Gasteiger partial charge on any atom is -0.495 e. The van der Waals surface area contributed by atoms with Crippen LogP contribution in [0, 0.1) is 5.82 Å². The van der Waals surface area contributed by atoms with Crippen LogP contribution in [0.15, 0.2) is 70.4 Å². The third kappa shape index (κ3) is 3.55. The number of hydrogen-bond acceptors (Lipinski definition) is 5. The number of aromatic nitrogens is 4. The van der Waals surface area contributed by atoms with Crippen molar-refractivity contribution in [2.75, 3.05) is 7.11 Å². The molecule has 5 rings (SSSR count). The van der Waals surface area contributed by atoms with Crippen LogP contribution in [0.25, 0.3) is 28.3 Å². The first-order valence-corrected chi connectivity index (χ1v) is 11.1. The first kappa shape index (κ1) is 20.7. The lowest BCUT2D eigenvalue weighted by atomic mass is 10.2. The number of thioether (sulfide) groups is 1. The second-order valence-electron chi connectivity index (χ2n) is 7.10. The van der Waals surface area contributed by atoms with Gasteiger partial charge in [-0.25, -0.2) is 4.39 Å². The molecule has 3 heterocycles. The SMILES string of the molecule is COc1ccc(Cl)cc1-n1c(SCc2ccccc2F)nnc1-c1cc2occc2n1C. The molecule has 0 aliphatic rings. The summed E-state index contributed by atoms with van der Waals surface area (Å²) >= 11 is 7.71. The molecule has 0 fully saturated rings. The lowest BCUT2D eigenvalue weighted by Gasteiger charge is -2.15. The van der Waals surface area contributed by atoms with E-state index in [2.05, 4.69) is 10.2 Å². The number of halogens is 2. The Kier molecular flexibility index (Phi) is 5.40. The number of benzene rings is 2. The third-order valence-electron chi connectivity index (χ3n) is 5.22. The van der Waals surface area contributed by atoms with Gasteiger partial charge in [0.2, 0.25) is 0 Å². The van der Waals surface area contributed by atoms with Crippen molar-refractivity contribution in [1.82, 2.24) is 19.3 Å². The van der Waals surface area contributed by atoms with E-state index in [1.807, 2.05) is 34.4 Å². The number of furan rings is 1. The molecule has 162 valence electrons. The maximum atomic E-state index is 14.2. The number of aryl methyl sites for hydroxylation is 1. The molecule has 0 saturated carbocycles. The van der Waals surface area contributed by atoms with Crippen LogP contribution in [0.5, 0.6) is 5.75 Å². The van der Waals surface area contributed by atoms with Crippen LogP contribution in [-0.4, -0.2) is 26.4 Å². The van der Waals surface area contributed by atoms with Gasteiger partial charge in [-0.1, -0.05) is 41.6 Å². The molecule has 6 nitrogen and oxygen atoms in total. The lowest BCUT2D eigenvalue weighted by Crippen LogP contribution is -2.04. The van der Waals surface area contributed by atoms with E-state index in [4.69, 9.17) is 20.8 Å². The fourth-order valence-corrected chi connectivity index (χ4v) is 4.70. The Hall–Kier alpha value is -3.23. The molecule has 2 aromatic carbocycles. The summed E-state index contributed by atoms with van der Waals surface area (Å²) in [6, 6.07) is 15.9. The molecule has 32 heavy (non-hydrogen) atoms. The highest BCUT2D eigenvalue weighted by molar-refractivity contribution is 7.98. The molecule has 3 aromatic heterocycles. The smallest absolute Gasteiger partial charge is 0.196 e. The third-order valence-corrected chi connectivity index (χ3v) is 6.44. The Morgan fingerprint density at radius 3 is 2.75 bits per heavy atom. The van der Waals surface area contributed by atoms with Gasteiger partial charge in [-0.3, -0.25) is 4.57 Å². The van der Waals surface area contributed by atoms with Crippen LogP contribution in [-0.2, 0) is 12.8 Å². The molecule has 0 atom stereocenters. The quantitative estimate of drug-likeness (QED) is 0.281. The van der Waals surface area contributed by atoms with E-state index < -0.39 is 0 Å². The summed E-state index contributed by atoms with van der Waals surface area (Å²) in [5.74, 6) is 1.34. The van der Waals surface area contributed by atoms with Crippen LogP contribution in [0.2, 0.25) is 5.02 Å². The Morgan fingerprint density at radius 1 is 1.12 bits per heavy atom. The molecule has 0 radical (unpaired) electrons. The summed E-state index contributed by atoms with van der Waals surface area (Å²) in [4.78, 5) is 0. The Labute approximate surface area is 192 Å². The summed E-state index contributed by atoms with van der Waals surface area (Å²) < 4.78 is 29.2. The van der Waals surface area contributed by atoms with Gasteiger partial charge in [-0.2, -0.15) is 0 Å². The van der Waals surface area contributed by atoms with Crippen molar-refractivity contribution >= 4 is 34.5 Å². The Balaban J connectivity index is 1.66. The Morgan fingerprint density at radius 2 is 1.97 bits per heavy atom. The van der Waals surface area contributed by atoms with Crippen LogP contribution >= 0.6 is 23.4 Å². The van der Waals surface area contributed by atoms with Gasteiger partial charge in [0.1, 0.15) is 11.6 Å². The zero-order chi connectivity index (χ0) is 22.2. The van der Waals surface area contributed by atoms with Gasteiger partial charge in [0, 0.05) is 30.0 Å². The first-order chi connectivity index (χ1) is 15.6. The molecular formula is C23H18ClFN4O2S. The molecule has 9 heteroatoms. The van der Waals surface area contributed by atoms with E-state index in [0.717, 1.165) is 16.8 Å². The summed E-state index contributed by atoms with van der Waals surface area (Å²) in [6.07, 6.45) is 1.65. The number of fused-ring (bicyclic) bond motifs is 1. The summed E-state index contributed by atoms with van der Waals surface area (Å²) in [5.41, 5.74) is 3.77. The molecule has 0 aliphatic heterocycles. The summed E-state index contributed by atoms with van der Waals surface area (Å²) in [6.45, 7) is 0. The highest BCUT2D eigenvalue weighted by Crippen LogP contribution is 2.36. The van der Waals surface area contributed by atoms with Gasteiger partial charge in [-0.05, 0) is 29.8 Å². The van der Waals surface area contributed by atoms with Crippen LogP contribution in [0.4, 0.5) is 4.39 Å². The number of rotatable bonds is 6. The van der Waals surface area contributed by atoms with Crippen LogP contribution in [0.3, 0.4) is 0 Å². The Bertz CT molecular complexity index is 1420. The van der Waals surface area contributed by atoms with Gasteiger partial charge in [-0.15, -0.1) is 10.2 Å². The first-order valence-electron chi connectivity index (χ1n) is 9.75. The average molecular weight is 469 g/mol. The molecule has 5 aromatic rings. The predicted molar refractivity (Wildman–Crippen MR) is 123 cm³/mol. The van der Waals surface area contributed by atoms with Gasteiger partial charge in [0.25, 0.3) is 0 Å². The van der Waals surface area contributed by atoms with Gasteiger partial charge in [0.15, 0.2) is 16.6 Å². The summed E-state index contributed by atoms with van der Waals surface area (Å²) in [7, 11) is 3.53. The van der Waals surface area contributed by atoms with E-state index in [9.17, 15) is 4.39 Å². The molecule has 0 amide bonds. The topological polar surface area (TPSA) is 58.0 Å². The minimum absolute atomic E-state index is 0.255. The zero-order valence-corrected chi connectivity index (χ0v) is 18.8. The summed E-state index contributed by atoms with van der Waals surface area (Å²) in [5, 5.41) is 10.0. The second-order valence-corrected chi connectivity index (χ2v) is 8.48. The van der Waals surface area contributed by atoms with Crippen molar-refractivity contribution in [2.24, 2.45) is 7.05 Å². The van der Waals surface area contributed by atoms with E-state index in [1.165, 1.54) is 17.8 Å². The van der Waals surface area contributed by atoms with E-state index in [1.54, 1.807) is 43.7 Å². The van der Waals surface area contributed by atoms with E-state index in [0.29, 0.717) is 38.8 Å². The fourth-order valence-electron chi connectivity index (χ4n) is 3.61. The molecule has 0 aliphatic carbocycles. The highest BCUT2D eigenvalue weighted by atomic mass is 35.5. The average Bonchev–Trinajstić information content (AvgIpc) is 3.49. The van der Waals surface area contributed by atoms with Crippen LogP contribution < -0.4 is 4.74 Å². The number of nitrogens with zero attached hydrogens (tertiary/aromatic N) is 4. The second kappa shape index (κ2) is 8.37. The van der Waals surface area contributed by atoms with E-state index >= 15 is 0 Å². The minimum atomic E-state index is -0.255. The molecule has 0 spiro atoms. The number of ether oxygens (including phenoxy) is 1. The standard InChI is InChI=1S/C23H18ClFN4O2S/c1-28-17-9-10-31-21(17)12-19(28)22-26-27-23(32-13-14-5-3-4-6-16(14)25)29(22)18-11-15(24)7-8-20(18)30-2/h3-12H,13H2,1-2H3.